The molecular weight excluding hydrogens is 309 g/mol. The van der Waals surface area contributed by atoms with Gasteiger partial charge in [0.05, 0.1) is 4.90 Å². The first-order chi connectivity index (χ1) is 7.49. The van der Waals surface area contributed by atoms with Crippen LogP contribution in [0.2, 0.25) is 0 Å². The van der Waals surface area contributed by atoms with Crippen molar-refractivity contribution in [3.8, 4) is 0 Å². The Hall–Kier alpha value is -0.120. The third-order valence-corrected chi connectivity index (χ3v) is 7.20. The minimum absolute atomic E-state index is 0.278. The van der Waals surface area contributed by atoms with Crippen molar-refractivity contribution >= 4 is 33.7 Å². The summed E-state index contributed by atoms with van der Waals surface area (Å²) in [4.78, 5) is 0.278. The molecule has 0 saturated heterocycles. The lowest BCUT2D eigenvalue weighted by atomic mass is 10.4. The molecule has 16 heavy (non-hydrogen) atoms. The molecule has 0 bridgehead atoms. The van der Waals surface area contributed by atoms with Gasteiger partial charge in [0.2, 0.25) is 0 Å². The van der Waals surface area contributed by atoms with E-state index in [-0.39, 0.29) is 4.90 Å². The standard InChI is InChI=1S/C10H15BrNO2PS/c1-3-15(4-2)12-16(13,14)10-7-5-9(11)6-8-10/h5-8,15H,3-4H2,1-2H3. The summed E-state index contributed by atoms with van der Waals surface area (Å²) in [6.45, 7) is 3.97. The second kappa shape index (κ2) is 5.99. The van der Waals surface area contributed by atoms with Gasteiger partial charge in [0.25, 0.3) is 10.0 Å². The van der Waals surface area contributed by atoms with Crippen LogP contribution in [-0.2, 0) is 10.0 Å². The summed E-state index contributed by atoms with van der Waals surface area (Å²) >= 11 is 3.27. The molecule has 0 amide bonds. The van der Waals surface area contributed by atoms with Crippen LogP contribution in [0.15, 0.2) is 37.8 Å². The Labute approximate surface area is 106 Å². The summed E-state index contributed by atoms with van der Waals surface area (Å²) in [5.41, 5.74) is 0. The number of hydrogen-bond acceptors (Lipinski definition) is 2. The molecule has 3 nitrogen and oxygen atoms in total. The van der Waals surface area contributed by atoms with Gasteiger partial charge in [0.1, 0.15) is 0 Å². The molecular formula is C10H15BrNO2PS. The largest absolute Gasteiger partial charge is 0.280 e. The summed E-state index contributed by atoms with van der Waals surface area (Å²) in [6, 6.07) is 6.58. The molecule has 0 saturated carbocycles. The van der Waals surface area contributed by atoms with Gasteiger partial charge in [-0.05, 0) is 44.3 Å². The SMILES string of the molecule is CC[PH](CC)=NS(=O)(=O)c1ccc(Br)cc1. The smallest absolute Gasteiger partial charge is 0.199 e. The van der Waals surface area contributed by atoms with E-state index in [1.807, 2.05) is 13.8 Å². The van der Waals surface area contributed by atoms with E-state index in [0.717, 1.165) is 16.8 Å². The lowest BCUT2D eigenvalue weighted by Crippen LogP contribution is -1.95. The van der Waals surface area contributed by atoms with Gasteiger partial charge in [-0.3, -0.25) is 0 Å². The first-order valence-corrected chi connectivity index (χ1v) is 9.17. The van der Waals surface area contributed by atoms with E-state index in [4.69, 9.17) is 0 Å². The first kappa shape index (κ1) is 13.9. The van der Waals surface area contributed by atoms with Crippen LogP contribution in [0.3, 0.4) is 0 Å². The molecule has 0 spiro atoms. The van der Waals surface area contributed by atoms with Gasteiger partial charge in [-0.15, -0.1) is 0 Å². The molecule has 1 rings (SSSR count). The van der Waals surface area contributed by atoms with Crippen molar-refractivity contribution in [2.24, 2.45) is 4.15 Å². The van der Waals surface area contributed by atoms with E-state index < -0.39 is 17.7 Å². The normalized spacial score (nSPS) is 11.8. The molecule has 0 aliphatic heterocycles. The van der Waals surface area contributed by atoms with Crippen LogP contribution in [0.5, 0.6) is 0 Å². The van der Waals surface area contributed by atoms with Crippen LogP contribution in [0.25, 0.3) is 0 Å². The molecule has 6 heteroatoms. The summed E-state index contributed by atoms with van der Waals surface area (Å²) in [5.74, 6) is 0. The van der Waals surface area contributed by atoms with E-state index >= 15 is 0 Å². The monoisotopic (exact) mass is 323 g/mol. The second-order valence-corrected chi connectivity index (χ2v) is 8.91. The maximum Gasteiger partial charge on any atom is 0.280 e. The highest BCUT2D eigenvalue weighted by Gasteiger charge is 2.12. The van der Waals surface area contributed by atoms with Crippen LogP contribution < -0.4 is 0 Å². The highest BCUT2D eigenvalue weighted by Crippen LogP contribution is 2.29. The molecule has 0 heterocycles. The van der Waals surface area contributed by atoms with Crippen LogP contribution in [0.4, 0.5) is 0 Å². The molecule has 1 aromatic rings. The summed E-state index contributed by atoms with van der Waals surface area (Å²) in [6.07, 6.45) is 1.69. The summed E-state index contributed by atoms with van der Waals surface area (Å²) < 4.78 is 28.7. The van der Waals surface area contributed by atoms with E-state index in [2.05, 4.69) is 20.1 Å². The van der Waals surface area contributed by atoms with E-state index in [1.165, 1.54) is 0 Å². The average Bonchev–Trinajstić information content (AvgIpc) is 2.26. The molecule has 1 aromatic carbocycles. The summed E-state index contributed by atoms with van der Waals surface area (Å²) in [5, 5.41) is 0. The zero-order valence-corrected chi connectivity index (χ0v) is 12.7. The van der Waals surface area contributed by atoms with Gasteiger partial charge >= 0.3 is 0 Å². The minimum atomic E-state index is -3.45. The third kappa shape index (κ3) is 3.72. The molecule has 0 aliphatic rings. The van der Waals surface area contributed by atoms with Gasteiger partial charge in [0.15, 0.2) is 0 Å². The van der Waals surface area contributed by atoms with Crippen LogP contribution >= 0.6 is 23.6 Å². The maximum absolute atomic E-state index is 11.9. The Morgan fingerprint density at radius 3 is 2.12 bits per heavy atom. The molecule has 0 radical (unpaired) electrons. The Kier molecular flexibility index (Phi) is 5.22. The van der Waals surface area contributed by atoms with Gasteiger partial charge in [-0.1, -0.05) is 29.8 Å². The molecule has 0 atom stereocenters. The molecule has 0 N–H and O–H groups in total. The maximum atomic E-state index is 11.9. The molecule has 90 valence electrons. The highest BCUT2D eigenvalue weighted by atomic mass is 79.9. The minimum Gasteiger partial charge on any atom is -0.199 e. The van der Waals surface area contributed by atoms with Gasteiger partial charge in [0, 0.05) is 4.47 Å². The summed E-state index contributed by atoms with van der Waals surface area (Å²) in [7, 11) is -4.56. The number of nitrogens with zero attached hydrogens (tertiary/aromatic N) is 1. The fourth-order valence-electron chi connectivity index (χ4n) is 1.21. The van der Waals surface area contributed by atoms with Gasteiger partial charge in [-0.2, -0.15) is 12.6 Å². The predicted octanol–water partition coefficient (Wildman–Crippen LogP) is 3.58. The van der Waals surface area contributed by atoms with Crippen molar-refractivity contribution in [1.82, 2.24) is 0 Å². The van der Waals surface area contributed by atoms with Crippen molar-refractivity contribution < 1.29 is 8.42 Å². The average molecular weight is 324 g/mol. The van der Waals surface area contributed by atoms with Crippen molar-refractivity contribution in [3.05, 3.63) is 28.7 Å². The van der Waals surface area contributed by atoms with Crippen LogP contribution in [0.1, 0.15) is 13.8 Å². The van der Waals surface area contributed by atoms with E-state index in [0.29, 0.717) is 0 Å². The Balaban J connectivity index is 3.12. The van der Waals surface area contributed by atoms with Gasteiger partial charge in [-0.25, -0.2) is 0 Å². The lowest BCUT2D eigenvalue weighted by molar-refractivity contribution is 0.598. The van der Waals surface area contributed by atoms with Crippen LogP contribution in [0, 0.1) is 0 Å². The fraction of sp³-hybridized carbons (Fsp3) is 0.400. The van der Waals surface area contributed by atoms with E-state index in [9.17, 15) is 8.42 Å². The van der Waals surface area contributed by atoms with Gasteiger partial charge < -0.3 is 0 Å². The molecule has 0 unspecified atom stereocenters. The quantitative estimate of drug-likeness (QED) is 0.795. The fourth-order valence-corrected chi connectivity index (χ4v) is 5.27. The van der Waals surface area contributed by atoms with Crippen molar-refractivity contribution in [3.63, 3.8) is 0 Å². The predicted molar refractivity (Wildman–Crippen MR) is 73.2 cm³/mol. The van der Waals surface area contributed by atoms with Crippen molar-refractivity contribution in [2.75, 3.05) is 12.3 Å². The number of sulfonamides is 1. The lowest BCUT2D eigenvalue weighted by Gasteiger charge is -2.03. The highest BCUT2D eigenvalue weighted by molar-refractivity contribution is 9.10. The molecule has 0 aromatic heterocycles. The Morgan fingerprint density at radius 1 is 1.19 bits per heavy atom. The number of halogens is 1. The Bertz CT molecular complexity index is 476. The number of rotatable bonds is 4. The zero-order valence-electron chi connectivity index (χ0n) is 9.27. The third-order valence-electron chi connectivity index (χ3n) is 2.18. The van der Waals surface area contributed by atoms with Crippen LogP contribution in [-0.4, -0.2) is 20.7 Å². The first-order valence-electron chi connectivity index (χ1n) is 5.08. The van der Waals surface area contributed by atoms with E-state index in [1.54, 1.807) is 24.3 Å². The molecule has 0 fully saturated rings. The number of hydrogen-bond donors (Lipinski definition) is 0. The Morgan fingerprint density at radius 2 is 1.69 bits per heavy atom. The number of benzene rings is 1. The zero-order chi connectivity index (χ0) is 12.2. The van der Waals surface area contributed by atoms with Crippen molar-refractivity contribution in [2.45, 2.75) is 18.7 Å². The van der Waals surface area contributed by atoms with Crippen molar-refractivity contribution in [1.29, 1.82) is 0 Å². The second-order valence-electron chi connectivity index (χ2n) is 3.29. The molecule has 0 aliphatic carbocycles. The topological polar surface area (TPSA) is 46.5 Å².